The molecule has 18 heavy (non-hydrogen) atoms. The van der Waals surface area contributed by atoms with Gasteiger partial charge in [0.1, 0.15) is 11.3 Å². The summed E-state index contributed by atoms with van der Waals surface area (Å²) in [5.41, 5.74) is 8.21. The number of anilines is 1. The third-order valence-corrected chi connectivity index (χ3v) is 4.75. The van der Waals surface area contributed by atoms with E-state index in [0.717, 1.165) is 11.3 Å². The van der Waals surface area contributed by atoms with Gasteiger partial charge in [0.2, 0.25) is 0 Å². The minimum absolute atomic E-state index is 0.631. The molecule has 0 radical (unpaired) electrons. The maximum absolute atomic E-state index is 5.86. The molecule has 0 saturated heterocycles. The van der Waals surface area contributed by atoms with Gasteiger partial charge >= 0.3 is 0 Å². The largest absolute Gasteiger partial charge is 0.494 e. The number of fused-ring (bicyclic) bond motifs is 1. The first-order valence-corrected chi connectivity index (χ1v) is 7.34. The van der Waals surface area contributed by atoms with Crippen molar-refractivity contribution in [2.45, 2.75) is 38.0 Å². The standard InChI is InChI=1S/C14H18N2OS/c1-17-11-8-7-10(9-5-3-2-4-6-9)13-12(11)16-14(15)18-13/h7-9H,2-6H2,1H3,(H2,15,16). The van der Waals surface area contributed by atoms with Crippen LogP contribution in [0, 0.1) is 0 Å². The molecular weight excluding hydrogens is 244 g/mol. The minimum atomic E-state index is 0.631. The Morgan fingerprint density at radius 1 is 1.28 bits per heavy atom. The summed E-state index contributed by atoms with van der Waals surface area (Å²) < 4.78 is 6.59. The van der Waals surface area contributed by atoms with E-state index < -0.39 is 0 Å². The minimum Gasteiger partial charge on any atom is -0.494 e. The molecule has 0 spiro atoms. The molecule has 1 aliphatic rings. The zero-order valence-electron chi connectivity index (χ0n) is 10.6. The molecule has 0 bridgehead atoms. The summed E-state index contributed by atoms with van der Waals surface area (Å²) in [7, 11) is 1.69. The topological polar surface area (TPSA) is 48.1 Å². The lowest BCUT2D eigenvalue weighted by Gasteiger charge is -2.22. The first kappa shape index (κ1) is 11.8. The molecule has 96 valence electrons. The van der Waals surface area contributed by atoms with Gasteiger partial charge in [-0.15, -0.1) is 0 Å². The van der Waals surface area contributed by atoms with Gasteiger partial charge in [-0.1, -0.05) is 36.7 Å². The quantitative estimate of drug-likeness (QED) is 0.892. The van der Waals surface area contributed by atoms with Crippen molar-refractivity contribution in [3.63, 3.8) is 0 Å². The van der Waals surface area contributed by atoms with E-state index in [0.29, 0.717) is 11.0 Å². The van der Waals surface area contributed by atoms with Crippen molar-refractivity contribution in [1.82, 2.24) is 4.98 Å². The second-order valence-corrected chi connectivity index (χ2v) is 5.95. The fraction of sp³-hybridized carbons (Fsp3) is 0.500. The van der Waals surface area contributed by atoms with Crippen LogP contribution < -0.4 is 10.5 Å². The highest BCUT2D eigenvalue weighted by atomic mass is 32.1. The molecule has 3 rings (SSSR count). The highest BCUT2D eigenvalue weighted by Gasteiger charge is 2.20. The van der Waals surface area contributed by atoms with Crippen LogP contribution in [0.15, 0.2) is 12.1 Å². The molecule has 3 nitrogen and oxygen atoms in total. The van der Waals surface area contributed by atoms with Gasteiger partial charge in [-0.3, -0.25) is 0 Å². The molecule has 2 aromatic rings. The molecule has 4 heteroatoms. The number of thiazole rings is 1. The predicted molar refractivity (Wildman–Crippen MR) is 76.4 cm³/mol. The Balaban J connectivity index is 2.11. The first-order valence-electron chi connectivity index (χ1n) is 6.52. The highest BCUT2D eigenvalue weighted by Crippen LogP contribution is 2.41. The molecule has 0 atom stereocenters. The van der Waals surface area contributed by atoms with Crippen molar-refractivity contribution in [3.8, 4) is 5.75 Å². The lowest BCUT2D eigenvalue weighted by atomic mass is 9.84. The van der Waals surface area contributed by atoms with E-state index in [9.17, 15) is 0 Å². The summed E-state index contributed by atoms with van der Waals surface area (Å²) in [6.07, 6.45) is 6.64. The highest BCUT2D eigenvalue weighted by molar-refractivity contribution is 7.22. The van der Waals surface area contributed by atoms with E-state index in [1.165, 1.54) is 42.4 Å². The number of rotatable bonds is 2. The number of benzene rings is 1. The van der Waals surface area contributed by atoms with Crippen molar-refractivity contribution in [2.75, 3.05) is 12.8 Å². The van der Waals surface area contributed by atoms with Gasteiger partial charge in [-0.2, -0.15) is 0 Å². The van der Waals surface area contributed by atoms with Crippen molar-refractivity contribution >= 4 is 26.7 Å². The van der Waals surface area contributed by atoms with Crippen LogP contribution in [0.25, 0.3) is 10.2 Å². The van der Waals surface area contributed by atoms with Gasteiger partial charge in [-0.25, -0.2) is 4.98 Å². The van der Waals surface area contributed by atoms with Crippen molar-refractivity contribution in [3.05, 3.63) is 17.7 Å². The zero-order chi connectivity index (χ0) is 12.5. The molecule has 1 aromatic carbocycles. The van der Waals surface area contributed by atoms with Crippen LogP contribution in [0.5, 0.6) is 5.75 Å². The third kappa shape index (κ3) is 1.94. The van der Waals surface area contributed by atoms with E-state index in [-0.39, 0.29) is 0 Å². The number of hydrogen-bond acceptors (Lipinski definition) is 4. The second kappa shape index (κ2) is 4.76. The van der Waals surface area contributed by atoms with Crippen LogP contribution in [0.4, 0.5) is 5.13 Å². The van der Waals surface area contributed by atoms with E-state index in [1.807, 2.05) is 6.07 Å². The molecule has 1 aromatic heterocycles. The Morgan fingerprint density at radius 3 is 2.78 bits per heavy atom. The number of aromatic nitrogens is 1. The fourth-order valence-electron chi connectivity index (χ4n) is 2.92. The van der Waals surface area contributed by atoms with E-state index >= 15 is 0 Å². The molecule has 1 aliphatic carbocycles. The van der Waals surface area contributed by atoms with E-state index in [1.54, 1.807) is 18.4 Å². The SMILES string of the molecule is COc1ccc(C2CCCCC2)c2sc(N)nc12. The normalized spacial score (nSPS) is 17.2. The van der Waals surface area contributed by atoms with E-state index in [4.69, 9.17) is 10.5 Å². The number of methoxy groups -OCH3 is 1. The Morgan fingerprint density at radius 2 is 2.06 bits per heavy atom. The zero-order valence-corrected chi connectivity index (χ0v) is 11.4. The summed E-state index contributed by atoms with van der Waals surface area (Å²) >= 11 is 1.59. The van der Waals surface area contributed by atoms with Gasteiger partial charge in [0.05, 0.1) is 11.8 Å². The molecule has 0 aliphatic heterocycles. The Hall–Kier alpha value is -1.29. The Bertz CT molecular complexity index is 558. The van der Waals surface area contributed by atoms with Gasteiger partial charge in [0.25, 0.3) is 0 Å². The number of nitrogen functional groups attached to an aromatic ring is 1. The van der Waals surface area contributed by atoms with Crippen molar-refractivity contribution in [1.29, 1.82) is 0 Å². The monoisotopic (exact) mass is 262 g/mol. The maximum Gasteiger partial charge on any atom is 0.181 e. The Kier molecular flexibility index (Phi) is 3.12. The average Bonchev–Trinajstić information content (AvgIpc) is 2.80. The van der Waals surface area contributed by atoms with Gasteiger partial charge in [0, 0.05) is 0 Å². The summed E-state index contributed by atoms with van der Waals surface area (Å²) in [5, 5.41) is 0.631. The number of ether oxygens (including phenoxy) is 1. The summed E-state index contributed by atoms with van der Waals surface area (Å²) in [6.45, 7) is 0. The van der Waals surface area contributed by atoms with Crippen molar-refractivity contribution < 1.29 is 4.74 Å². The number of hydrogen-bond donors (Lipinski definition) is 1. The average molecular weight is 262 g/mol. The molecule has 1 saturated carbocycles. The third-order valence-electron chi connectivity index (χ3n) is 3.82. The van der Waals surface area contributed by atoms with Crippen LogP contribution in [-0.4, -0.2) is 12.1 Å². The second-order valence-electron chi connectivity index (χ2n) is 4.92. The van der Waals surface area contributed by atoms with Crippen LogP contribution in [0.1, 0.15) is 43.6 Å². The van der Waals surface area contributed by atoms with Crippen LogP contribution in [-0.2, 0) is 0 Å². The van der Waals surface area contributed by atoms with Gasteiger partial charge in [0.15, 0.2) is 5.13 Å². The molecule has 2 N–H and O–H groups in total. The summed E-state index contributed by atoms with van der Waals surface area (Å²) in [6, 6.07) is 4.24. The van der Waals surface area contributed by atoms with Gasteiger partial charge in [-0.05, 0) is 30.4 Å². The number of nitrogens with zero attached hydrogens (tertiary/aromatic N) is 1. The summed E-state index contributed by atoms with van der Waals surface area (Å²) in [4.78, 5) is 4.41. The molecule has 1 heterocycles. The Labute approximate surface area is 111 Å². The van der Waals surface area contributed by atoms with Crippen molar-refractivity contribution in [2.24, 2.45) is 0 Å². The first-order chi connectivity index (χ1) is 8.79. The molecular formula is C14H18N2OS. The number of nitrogens with two attached hydrogens (primary N) is 1. The molecule has 1 fully saturated rings. The molecule has 0 amide bonds. The van der Waals surface area contributed by atoms with Crippen LogP contribution in [0.3, 0.4) is 0 Å². The van der Waals surface area contributed by atoms with E-state index in [2.05, 4.69) is 11.1 Å². The fourth-order valence-corrected chi connectivity index (χ4v) is 3.86. The summed E-state index contributed by atoms with van der Waals surface area (Å²) in [5.74, 6) is 1.50. The predicted octanol–water partition coefficient (Wildman–Crippen LogP) is 3.93. The lowest BCUT2D eigenvalue weighted by Crippen LogP contribution is -2.04. The van der Waals surface area contributed by atoms with Crippen LogP contribution >= 0.6 is 11.3 Å². The maximum atomic E-state index is 5.86. The van der Waals surface area contributed by atoms with Gasteiger partial charge < -0.3 is 10.5 Å². The van der Waals surface area contributed by atoms with Crippen LogP contribution in [0.2, 0.25) is 0 Å². The molecule has 0 unspecified atom stereocenters. The smallest absolute Gasteiger partial charge is 0.181 e. The lowest BCUT2D eigenvalue weighted by molar-refractivity contribution is 0.418.